The van der Waals surface area contributed by atoms with E-state index in [1.165, 1.54) is 6.07 Å². The zero-order valence-corrected chi connectivity index (χ0v) is 11.4. The van der Waals surface area contributed by atoms with Gasteiger partial charge in [-0.15, -0.1) is 0 Å². The number of thiocarbonyl (C=S) groups is 1. The van der Waals surface area contributed by atoms with Gasteiger partial charge in [0.15, 0.2) is 0 Å². The maximum Gasteiger partial charge on any atom is 0.337 e. The van der Waals surface area contributed by atoms with Crippen LogP contribution in [0.3, 0.4) is 0 Å². The molecule has 0 unspecified atom stereocenters. The van der Waals surface area contributed by atoms with Gasteiger partial charge in [-0.3, -0.25) is 0 Å². The molecule has 0 aliphatic heterocycles. The standard InChI is InChI=1S/C12H14ClNO2S/c1-12(2,3)11(17)14-7-4-5-8(10(15)16)9(13)6-7/h4-6H,1-3H3,(H,14,17)(H,15,16). The molecule has 0 saturated heterocycles. The van der Waals surface area contributed by atoms with E-state index in [9.17, 15) is 4.79 Å². The Morgan fingerprint density at radius 3 is 2.41 bits per heavy atom. The number of rotatable bonds is 2. The summed E-state index contributed by atoms with van der Waals surface area (Å²) < 4.78 is 0. The van der Waals surface area contributed by atoms with Crippen LogP contribution in [-0.4, -0.2) is 16.1 Å². The maximum atomic E-state index is 10.8. The fourth-order valence-corrected chi connectivity index (χ4v) is 1.46. The maximum absolute atomic E-state index is 10.8. The summed E-state index contributed by atoms with van der Waals surface area (Å²) in [5, 5.41) is 12.1. The molecule has 1 aromatic rings. The lowest BCUT2D eigenvalue weighted by molar-refractivity contribution is 0.0697. The Kier molecular flexibility index (Phi) is 4.11. The fraction of sp³-hybridized carbons (Fsp3) is 0.333. The van der Waals surface area contributed by atoms with Crippen molar-refractivity contribution in [1.82, 2.24) is 0 Å². The number of anilines is 1. The molecule has 0 spiro atoms. The fourth-order valence-electron chi connectivity index (χ4n) is 1.08. The number of aromatic carboxylic acids is 1. The Hall–Kier alpha value is -1.13. The molecule has 5 heteroatoms. The van der Waals surface area contributed by atoms with E-state index in [1.807, 2.05) is 20.8 Å². The summed E-state index contributed by atoms with van der Waals surface area (Å²) in [6, 6.07) is 4.66. The molecule has 0 aliphatic rings. The van der Waals surface area contributed by atoms with Crippen molar-refractivity contribution < 1.29 is 9.90 Å². The first-order valence-electron chi connectivity index (χ1n) is 5.06. The zero-order valence-electron chi connectivity index (χ0n) is 9.87. The minimum atomic E-state index is -1.04. The second-order valence-corrected chi connectivity index (χ2v) is 5.52. The van der Waals surface area contributed by atoms with E-state index in [0.29, 0.717) is 10.7 Å². The SMILES string of the molecule is CC(C)(C)C(=S)Nc1ccc(C(=O)O)c(Cl)c1. The quantitative estimate of drug-likeness (QED) is 0.803. The Morgan fingerprint density at radius 1 is 1.41 bits per heavy atom. The summed E-state index contributed by atoms with van der Waals surface area (Å²) in [5.41, 5.74) is 0.631. The third kappa shape index (κ3) is 3.68. The largest absolute Gasteiger partial charge is 0.478 e. The van der Waals surface area contributed by atoms with Crippen LogP contribution in [0.2, 0.25) is 5.02 Å². The van der Waals surface area contributed by atoms with E-state index >= 15 is 0 Å². The average Bonchev–Trinajstić information content (AvgIpc) is 2.15. The van der Waals surface area contributed by atoms with Gasteiger partial charge in [0, 0.05) is 11.1 Å². The van der Waals surface area contributed by atoms with Gasteiger partial charge in [0.25, 0.3) is 0 Å². The van der Waals surface area contributed by atoms with Gasteiger partial charge in [-0.05, 0) is 18.2 Å². The van der Waals surface area contributed by atoms with Gasteiger partial charge in [0.2, 0.25) is 0 Å². The number of benzene rings is 1. The number of nitrogens with one attached hydrogen (secondary N) is 1. The first-order chi connectivity index (χ1) is 7.71. The number of carbonyl (C=O) groups is 1. The van der Waals surface area contributed by atoms with Crippen molar-refractivity contribution in [3.8, 4) is 0 Å². The van der Waals surface area contributed by atoms with Gasteiger partial charge >= 0.3 is 5.97 Å². The van der Waals surface area contributed by atoms with E-state index < -0.39 is 5.97 Å². The van der Waals surface area contributed by atoms with Crippen LogP contribution in [0.1, 0.15) is 31.1 Å². The summed E-state index contributed by atoms with van der Waals surface area (Å²) in [4.78, 5) is 11.5. The van der Waals surface area contributed by atoms with Crippen LogP contribution in [0.4, 0.5) is 5.69 Å². The number of carboxylic acid groups (broad SMARTS) is 1. The highest BCUT2D eigenvalue weighted by Gasteiger charge is 2.17. The van der Waals surface area contributed by atoms with Gasteiger partial charge in [-0.1, -0.05) is 44.6 Å². The van der Waals surface area contributed by atoms with Crippen LogP contribution in [0.5, 0.6) is 0 Å². The van der Waals surface area contributed by atoms with Crippen LogP contribution >= 0.6 is 23.8 Å². The molecule has 0 bridgehead atoms. The molecule has 0 fully saturated rings. The van der Waals surface area contributed by atoms with E-state index in [4.69, 9.17) is 28.9 Å². The van der Waals surface area contributed by atoms with Crippen molar-refractivity contribution in [1.29, 1.82) is 0 Å². The van der Waals surface area contributed by atoms with Crippen LogP contribution < -0.4 is 5.32 Å². The molecule has 0 radical (unpaired) electrons. The van der Waals surface area contributed by atoms with E-state index in [-0.39, 0.29) is 16.0 Å². The first kappa shape index (κ1) is 13.9. The normalized spacial score (nSPS) is 11.1. The molecule has 0 saturated carbocycles. The molecule has 0 aromatic heterocycles. The summed E-state index contributed by atoms with van der Waals surface area (Å²) in [5.74, 6) is -1.04. The lowest BCUT2D eigenvalue weighted by Crippen LogP contribution is -2.25. The molecule has 0 atom stereocenters. The van der Waals surface area contributed by atoms with Gasteiger partial charge in [-0.25, -0.2) is 4.79 Å². The summed E-state index contributed by atoms with van der Waals surface area (Å²) in [7, 11) is 0. The Labute approximate surface area is 111 Å². The third-order valence-corrected chi connectivity index (χ3v) is 3.17. The minimum absolute atomic E-state index is 0.0823. The second kappa shape index (κ2) is 5.02. The third-order valence-electron chi connectivity index (χ3n) is 2.14. The molecule has 3 nitrogen and oxygen atoms in total. The average molecular weight is 272 g/mol. The zero-order chi connectivity index (χ0) is 13.2. The van der Waals surface area contributed by atoms with E-state index in [1.54, 1.807) is 12.1 Å². The van der Waals surface area contributed by atoms with Crippen molar-refractivity contribution in [3.05, 3.63) is 28.8 Å². The molecule has 0 amide bonds. The lowest BCUT2D eigenvalue weighted by Gasteiger charge is -2.21. The molecule has 17 heavy (non-hydrogen) atoms. The van der Waals surface area contributed by atoms with Crippen LogP contribution in [0.15, 0.2) is 18.2 Å². The van der Waals surface area contributed by atoms with Crippen LogP contribution in [0, 0.1) is 5.41 Å². The lowest BCUT2D eigenvalue weighted by atomic mass is 9.96. The smallest absolute Gasteiger partial charge is 0.337 e. The molecule has 0 aliphatic carbocycles. The van der Waals surface area contributed by atoms with Gasteiger partial charge in [0.05, 0.1) is 15.6 Å². The van der Waals surface area contributed by atoms with Crippen molar-refractivity contribution in [2.24, 2.45) is 5.41 Å². The predicted octanol–water partition coefficient (Wildman–Crippen LogP) is 3.82. The summed E-state index contributed by atoms with van der Waals surface area (Å²) in [6.45, 7) is 5.99. The number of halogens is 1. The molecular formula is C12H14ClNO2S. The van der Waals surface area contributed by atoms with Crippen LogP contribution in [-0.2, 0) is 0 Å². The van der Waals surface area contributed by atoms with E-state index in [2.05, 4.69) is 5.32 Å². The van der Waals surface area contributed by atoms with Crippen LogP contribution in [0.25, 0.3) is 0 Å². The highest BCUT2D eigenvalue weighted by molar-refractivity contribution is 7.80. The highest BCUT2D eigenvalue weighted by atomic mass is 35.5. The Morgan fingerprint density at radius 2 is 2.00 bits per heavy atom. The van der Waals surface area contributed by atoms with Crippen molar-refractivity contribution in [2.45, 2.75) is 20.8 Å². The second-order valence-electron chi connectivity index (χ2n) is 4.70. The highest BCUT2D eigenvalue weighted by Crippen LogP contribution is 2.23. The Bertz CT molecular complexity index is 466. The molecule has 92 valence electrons. The number of hydrogen-bond donors (Lipinski definition) is 2. The van der Waals surface area contributed by atoms with Crippen molar-refractivity contribution in [2.75, 3.05) is 5.32 Å². The predicted molar refractivity (Wildman–Crippen MR) is 74.1 cm³/mol. The number of hydrogen-bond acceptors (Lipinski definition) is 2. The monoisotopic (exact) mass is 271 g/mol. The van der Waals surface area contributed by atoms with Gasteiger partial charge in [-0.2, -0.15) is 0 Å². The molecule has 0 heterocycles. The summed E-state index contributed by atoms with van der Waals surface area (Å²) in [6.07, 6.45) is 0. The molecule has 2 N–H and O–H groups in total. The van der Waals surface area contributed by atoms with E-state index in [0.717, 1.165) is 0 Å². The number of carboxylic acids is 1. The topological polar surface area (TPSA) is 49.3 Å². The molecule has 1 rings (SSSR count). The molecule has 1 aromatic carbocycles. The van der Waals surface area contributed by atoms with Gasteiger partial charge in [0.1, 0.15) is 0 Å². The molecular weight excluding hydrogens is 258 g/mol. The van der Waals surface area contributed by atoms with Crippen molar-refractivity contribution >= 4 is 40.5 Å². The van der Waals surface area contributed by atoms with Crippen molar-refractivity contribution in [3.63, 3.8) is 0 Å². The summed E-state index contributed by atoms with van der Waals surface area (Å²) >= 11 is 11.1. The minimum Gasteiger partial charge on any atom is -0.478 e. The first-order valence-corrected chi connectivity index (χ1v) is 5.85. The Balaban J connectivity index is 2.92. The van der Waals surface area contributed by atoms with Gasteiger partial charge < -0.3 is 10.4 Å².